The quantitative estimate of drug-likeness (QED) is 0.482. The van der Waals surface area contributed by atoms with Crippen LogP contribution in [0.15, 0.2) is 42.6 Å². The number of rotatable bonds is 2. The minimum absolute atomic E-state index is 0.0200. The molecular weight excluding hydrogens is 385 g/mol. The van der Waals surface area contributed by atoms with Gasteiger partial charge in [-0.05, 0) is 59.3 Å². The maximum absolute atomic E-state index is 12.7. The summed E-state index contributed by atoms with van der Waals surface area (Å²) in [5.41, 5.74) is 3.41. The highest BCUT2D eigenvalue weighted by molar-refractivity contribution is 14.1. The van der Waals surface area contributed by atoms with Crippen molar-refractivity contribution in [2.45, 2.75) is 6.92 Å². The van der Waals surface area contributed by atoms with Gasteiger partial charge in [-0.2, -0.15) is 0 Å². The Bertz CT molecular complexity index is 822. The van der Waals surface area contributed by atoms with Crippen molar-refractivity contribution in [3.8, 4) is 0 Å². The number of benzene rings is 2. The van der Waals surface area contributed by atoms with E-state index in [1.54, 1.807) is 6.20 Å². The molecule has 100 valence electrons. The van der Waals surface area contributed by atoms with E-state index < -0.39 is 0 Å². The number of ketones is 1. The van der Waals surface area contributed by atoms with Gasteiger partial charge in [-0.15, -0.1) is 0 Å². The van der Waals surface area contributed by atoms with Crippen molar-refractivity contribution >= 4 is 50.9 Å². The molecule has 0 bridgehead atoms. The molecule has 2 nitrogen and oxygen atoms in total. The third-order valence-corrected chi connectivity index (χ3v) is 4.99. The number of fused-ring (bicyclic) bond motifs is 1. The van der Waals surface area contributed by atoms with Crippen LogP contribution in [0.4, 0.5) is 0 Å². The van der Waals surface area contributed by atoms with Crippen molar-refractivity contribution in [1.29, 1.82) is 0 Å². The summed E-state index contributed by atoms with van der Waals surface area (Å²) in [6.07, 6.45) is 1.75. The average Bonchev–Trinajstić information content (AvgIpc) is 2.84. The van der Waals surface area contributed by atoms with Crippen LogP contribution < -0.4 is 0 Å². The van der Waals surface area contributed by atoms with Crippen LogP contribution in [0.5, 0.6) is 0 Å². The lowest BCUT2D eigenvalue weighted by atomic mass is 10.0. The van der Waals surface area contributed by atoms with Crippen molar-refractivity contribution in [2.75, 3.05) is 0 Å². The normalized spacial score (nSPS) is 10.9. The van der Waals surface area contributed by atoms with Crippen molar-refractivity contribution in [3.63, 3.8) is 0 Å². The maximum atomic E-state index is 12.7. The van der Waals surface area contributed by atoms with E-state index >= 15 is 0 Å². The topological polar surface area (TPSA) is 32.9 Å². The van der Waals surface area contributed by atoms with Crippen LogP contribution in [-0.4, -0.2) is 10.8 Å². The molecule has 1 heterocycles. The lowest BCUT2D eigenvalue weighted by Gasteiger charge is -2.05. The molecule has 0 unspecified atom stereocenters. The van der Waals surface area contributed by atoms with Gasteiger partial charge in [0.25, 0.3) is 0 Å². The van der Waals surface area contributed by atoms with E-state index in [0.717, 1.165) is 25.6 Å². The van der Waals surface area contributed by atoms with Gasteiger partial charge in [0, 0.05) is 36.8 Å². The Morgan fingerprint density at radius 3 is 2.80 bits per heavy atom. The van der Waals surface area contributed by atoms with Crippen LogP contribution in [0.2, 0.25) is 5.02 Å². The predicted molar refractivity (Wildman–Crippen MR) is 90.6 cm³/mol. The van der Waals surface area contributed by atoms with E-state index in [-0.39, 0.29) is 5.78 Å². The van der Waals surface area contributed by atoms with Gasteiger partial charge in [-0.3, -0.25) is 4.79 Å². The van der Waals surface area contributed by atoms with E-state index in [4.69, 9.17) is 11.6 Å². The smallest absolute Gasteiger partial charge is 0.196 e. The zero-order valence-corrected chi connectivity index (χ0v) is 13.6. The number of aryl methyl sites for hydroxylation is 1. The Hall–Kier alpha value is -1.33. The Morgan fingerprint density at radius 2 is 2.00 bits per heavy atom. The summed E-state index contributed by atoms with van der Waals surface area (Å²) in [5, 5.41) is 1.49. The van der Waals surface area contributed by atoms with Gasteiger partial charge < -0.3 is 4.98 Å². The Morgan fingerprint density at radius 1 is 1.20 bits per heavy atom. The third-order valence-electron chi connectivity index (χ3n) is 3.32. The Balaban J connectivity index is 2.18. The number of carbonyl (C=O) groups is 1. The summed E-state index contributed by atoms with van der Waals surface area (Å²) >= 11 is 8.25. The summed E-state index contributed by atoms with van der Waals surface area (Å²) in [7, 11) is 0. The SMILES string of the molecule is Cc1cccc(C(=O)c2c[nH]c3ccc(Cl)cc23)c1I. The van der Waals surface area contributed by atoms with Gasteiger partial charge in [-0.25, -0.2) is 0 Å². The fourth-order valence-corrected chi connectivity index (χ4v) is 3.03. The third kappa shape index (κ3) is 2.25. The van der Waals surface area contributed by atoms with Gasteiger partial charge >= 0.3 is 0 Å². The highest BCUT2D eigenvalue weighted by Crippen LogP contribution is 2.26. The van der Waals surface area contributed by atoms with Crippen molar-refractivity contribution in [2.24, 2.45) is 0 Å². The first-order valence-corrected chi connectivity index (χ1v) is 7.60. The number of H-pyrrole nitrogens is 1. The van der Waals surface area contributed by atoms with Crippen LogP contribution >= 0.6 is 34.2 Å². The number of hydrogen-bond acceptors (Lipinski definition) is 1. The molecule has 0 radical (unpaired) electrons. The van der Waals surface area contributed by atoms with Crippen molar-refractivity contribution < 1.29 is 4.79 Å². The highest BCUT2D eigenvalue weighted by atomic mass is 127. The number of carbonyl (C=O) groups excluding carboxylic acids is 1. The van der Waals surface area contributed by atoms with Gasteiger partial charge in [0.05, 0.1) is 0 Å². The second-order valence-electron chi connectivity index (χ2n) is 4.66. The number of halogens is 2. The van der Waals surface area contributed by atoms with E-state index in [2.05, 4.69) is 27.6 Å². The first-order chi connectivity index (χ1) is 9.58. The summed E-state index contributed by atoms with van der Waals surface area (Å²) in [5.74, 6) is 0.0200. The molecule has 4 heteroatoms. The average molecular weight is 396 g/mol. The maximum Gasteiger partial charge on any atom is 0.196 e. The standard InChI is InChI=1S/C16H11ClINO/c1-9-3-2-4-11(15(9)18)16(20)13-8-19-14-6-5-10(17)7-12(13)14/h2-8,19H,1H3. The molecule has 1 aromatic heterocycles. The molecule has 0 spiro atoms. The van der Waals surface area contributed by atoms with Gasteiger partial charge in [0.1, 0.15) is 0 Å². The van der Waals surface area contributed by atoms with Crippen LogP contribution in [-0.2, 0) is 0 Å². The molecule has 0 saturated carbocycles. The molecule has 0 saturated heterocycles. The molecule has 3 aromatic rings. The largest absolute Gasteiger partial charge is 0.360 e. The second-order valence-corrected chi connectivity index (χ2v) is 6.17. The molecule has 20 heavy (non-hydrogen) atoms. The Kier molecular flexibility index (Phi) is 3.56. The number of nitrogens with one attached hydrogen (secondary N) is 1. The van der Waals surface area contributed by atoms with Crippen molar-refractivity contribution in [3.05, 3.63) is 67.9 Å². The van der Waals surface area contributed by atoms with Crippen LogP contribution in [0.1, 0.15) is 21.5 Å². The number of aromatic nitrogens is 1. The monoisotopic (exact) mass is 395 g/mol. The molecule has 0 aliphatic carbocycles. The molecule has 0 aliphatic rings. The summed E-state index contributed by atoms with van der Waals surface area (Å²) in [4.78, 5) is 15.9. The van der Waals surface area contributed by atoms with Crippen LogP contribution in [0.25, 0.3) is 10.9 Å². The fraction of sp³-hybridized carbons (Fsp3) is 0.0625. The predicted octanol–water partition coefficient (Wildman–Crippen LogP) is 4.97. The fourth-order valence-electron chi connectivity index (χ4n) is 2.25. The molecule has 0 amide bonds. The first kappa shape index (κ1) is 13.6. The second kappa shape index (κ2) is 5.22. The number of hydrogen-bond donors (Lipinski definition) is 1. The van der Waals surface area contributed by atoms with Gasteiger partial charge in [0.15, 0.2) is 5.78 Å². The number of aromatic amines is 1. The molecule has 1 N–H and O–H groups in total. The minimum atomic E-state index is 0.0200. The molecule has 0 atom stereocenters. The summed E-state index contributed by atoms with van der Waals surface area (Å²) < 4.78 is 0.992. The molecule has 0 aliphatic heterocycles. The lowest BCUT2D eigenvalue weighted by molar-refractivity contribution is 0.103. The highest BCUT2D eigenvalue weighted by Gasteiger charge is 2.17. The van der Waals surface area contributed by atoms with Crippen molar-refractivity contribution in [1.82, 2.24) is 4.98 Å². The molecule has 3 rings (SSSR count). The van der Waals surface area contributed by atoms with E-state index in [1.807, 2.05) is 43.3 Å². The Labute approximate surface area is 135 Å². The molecule has 2 aromatic carbocycles. The van der Waals surface area contributed by atoms with Crippen LogP contribution in [0, 0.1) is 10.5 Å². The first-order valence-electron chi connectivity index (χ1n) is 6.14. The zero-order valence-electron chi connectivity index (χ0n) is 10.7. The van der Waals surface area contributed by atoms with E-state index in [1.165, 1.54) is 0 Å². The zero-order chi connectivity index (χ0) is 14.3. The van der Waals surface area contributed by atoms with Crippen LogP contribution in [0.3, 0.4) is 0 Å². The summed E-state index contributed by atoms with van der Waals surface area (Å²) in [6, 6.07) is 11.3. The van der Waals surface area contributed by atoms with Gasteiger partial charge in [-0.1, -0.05) is 23.7 Å². The van der Waals surface area contributed by atoms with E-state index in [9.17, 15) is 4.79 Å². The minimum Gasteiger partial charge on any atom is -0.360 e. The van der Waals surface area contributed by atoms with E-state index in [0.29, 0.717) is 10.6 Å². The summed E-state index contributed by atoms with van der Waals surface area (Å²) in [6.45, 7) is 2.00. The molecular formula is C16H11ClINO. The molecule has 0 fully saturated rings. The lowest BCUT2D eigenvalue weighted by Crippen LogP contribution is -2.04. The van der Waals surface area contributed by atoms with Gasteiger partial charge in [0.2, 0.25) is 0 Å².